The molecule has 0 radical (unpaired) electrons. The van der Waals surface area contributed by atoms with Gasteiger partial charge in [0.05, 0.1) is 17.9 Å². The molecule has 2 atom stereocenters. The first-order chi connectivity index (χ1) is 13.9. The van der Waals surface area contributed by atoms with Crippen molar-refractivity contribution in [1.82, 2.24) is 10.2 Å². The van der Waals surface area contributed by atoms with E-state index in [0.29, 0.717) is 24.9 Å². The number of hydrogen-bond donors (Lipinski definition) is 2. The van der Waals surface area contributed by atoms with Crippen molar-refractivity contribution in [1.29, 1.82) is 0 Å². The second-order valence-electron chi connectivity index (χ2n) is 7.79. The number of piperidine rings is 1. The van der Waals surface area contributed by atoms with E-state index in [4.69, 9.17) is 0 Å². The molecule has 1 fully saturated rings. The molecule has 0 saturated carbocycles. The SMILES string of the molecule is CC1(C(=O)O)CCCN(C(=O)CC(NC(=O)c2ccccc2)c2ccccc2)C1. The first-order valence-electron chi connectivity index (χ1n) is 9.81. The van der Waals surface area contributed by atoms with Gasteiger partial charge in [-0.2, -0.15) is 0 Å². The second kappa shape index (κ2) is 8.90. The van der Waals surface area contributed by atoms with Crippen LogP contribution in [0, 0.1) is 5.41 Å². The van der Waals surface area contributed by atoms with Gasteiger partial charge in [-0.15, -0.1) is 0 Å². The quantitative estimate of drug-likeness (QED) is 0.787. The van der Waals surface area contributed by atoms with Crippen LogP contribution in [0.15, 0.2) is 60.7 Å². The fourth-order valence-corrected chi connectivity index (χ4v) is 3.70. The molecule has 1 aliphatic heterocycles. The third kappa shape index (κ3) is 5.02. The molecule has 1 heterocycles. The van der Waals surface area contributed by atoms with Gasteiger partial charge in [0, 0.05) is 18.7 Å². The van der Waals surface area contributed by atoms with E-state index in [0.717, 1.165) is 5.56 Å². The van der Waals surface area contributed by atoms with Crippen molar-refractivity contribution in [3.8, 4) is 0 Å². The van der Waals surface area contributed by atoms with Gasteiger partial charge in [0.2, 0.25) is 5.91 Å². The van der Waals surface area contributed by atoms with Crippen LogP contribution in [-0.2, 0) is 9.59 Å². The fourth-order valence-electron chi connectivity index (χ4n) is 3.70. The zero-order valence-corrected chi connectivity index (χ0v) is 16.5. The summed E-state index contributed by atoms with van der Waals surface area (Å²) >= 11 is 0. The molecule has 1 aliphatic rings. The summed E-state index contributed by atoms with van der Waals surface area (Å²) in [5, 5.41) is 12.5. The smallest absolute Gasteiger partial charge is 0.311 e. The fraction of sp³-hybridized carbons (Fsp3) is 0.348. The standard InChI is InChI=1S/C23H26N2O4/c1-23(22(28)29)13-8-14-25(16-23)20(26)15-19(17-9-4-2-5-10-17)24-21(27)18-11-6-3-7-12-18/h2-7,9-12,19H,8,13-16H2,1H3,(H,24,27)(H,28,29). The minimum Gasteiger partial charge on any atom is -0.481 e. The Labute approximate surface area is 170 Å². The molecule has 6 heteroatoms. The number of carbonyl (C=O) groups excluding carboxylic acids is 2. The molecule has 2 unspecified atom stereocenters. The van der Waals surface area contributed by atoms with Crippen LogP contribution in [0.3, 0.4) is 0 Å². The van der Waals surface area contributed by atoms with E-state index in [2.05, 4.69) is 5.32 Å². The lowest BCUT2D eigenvalue weighted by atomic mass is 9.82. The van der Waals surface area contributed by atoms with Gasteiger partial charge in [-0.25, -0.2) is 0 Å². The predicted molar refractivity (Wildman–Crippen MR) is 109 cm³/mol. The third-order valence-corrected chi connectivity index (χ3v) is 5.49. The number of likely N-dealkylation sites (tertiary alicyclic amines) is 1. The van der Waals surface area contributed by atoms with Gasteiger partial charge in [0.15, 0.2) is 0 Å². The van der Waals surface area contributed by atoms with Crippen LogP contribution in [0.4, 0.5) is 0 Å². The van der Waals surface area contributed by atoms with E-state index in [1.807, 2.05) is 36.4 Å². The van der Waals surface area contributed by atoms with Gasteiger partial charge in [0.1, 0.15) is 0 Å². The first-order valence-corrected chi connectivity index (χ1v) is 9.81. The Bertz CT molecular complexity index is 869. The van der Waals surface area contributed by atoms with Gasteiger partial charge < -0.3 is 15.3 Å². The molecular weight excluding hydrogens is 368 g/mol. The lowest BCUT2D eigenvalue weighted by Gasteiger charge is -2.38. The molecule has 2 amide bonds. The molecule has 152 valence electrons. The third-order valence-electron chi connectivity index (χ3n) is 5.49. The number of carbonyl (C=O) groups is 3. The monoisotopic (exact) mass is 394 g/mol. The van der Waals surface area contributed by atoms with Crippen molar-refractivity contribution in [2.75, 3.05) is 13.1 Å². The van der Waals surface area contributed by atoms with E-state index in [9.17, 15) is 19.5 Å². The lowest BCUT2D eigenvalue weighted by molar-refractivity contribution is -0.153. The van der Waals surface area contributed by atoms with Crippen molar-refractivity contribution in [3.63, 3.8) is 0 Å². The number of amides is 2. The first kappa shape index (κ1) is 20.6. The number of carboxylic acids is 1. The van der Waals surface area contributed by atoms with Gasteiger partial charge in [-0.05, 0) is 37.5 Å². The molecule has 6 nitrogen and oxygen atoms in total. The van der Waals surface area contributed by atoms with Gasteiger partial charge in [-0.1, -0.05) is 48.5 Å². The maximum absolute atomic E-state index is 13.0. The van der Waals surface area contributed by atoms with Crippen molar-refractivity contribution in [2.24, 2.45) is 5.41 Å². The van der Waals surface area contributed by atoms with E-state index in [-0.39, 0.29) is 24.8 Å². The average Bonchev–Trinajstić information content (AvgIpc) is 2.74. The van der Waals surface area contributed by atoms with Crippen molar-refractivity contribution in [2.45, 2.75) is 32.2 Å². The number of aliphatic carboxylic acids is 1. The highest BCUT2D eigenvalue weighted by atomic mass is 16.4. The summed E-state index contributed by atoms with van der Waals surface area (Å²) in [6.45, 7) is 2.41. The molecule has 1 saturated heterocycles. The van der Waals surface area contributed by atoms with E-state index < -0.39 is 17.4 Å². The Hall–Kier alpha value is -3.15. The zero-order valence-electron chi connectivity index (χ0n) is 16.5. The molecule has 2 N–H and O–H groups in total. The predicted octanol–water partition coefficient (Wildman–Crippen LogP) is 3.26. The minimum absolute atomic E-state index is 0.0816. The summed E-state index contributed by atoms with van der Waals surface area (Å²) in [6.07, 6.45) is 1.29. The molecular formula is C23H26N2O4. The summed E-state index contributed by atoms with van der Waals surface area (Å²) in [4.78, 5) is 38.9. The Morgan fingerprint density at radius 1 is 1.07 bits per heavy atom. The van der Waals surface area contributed by atoms with Crippen LogP contribution >= 0.6 is 0 Å². The van der Waals surface area contributed by atoms with Crippen LogP contribution in [0.25, 0.3) is 0 Å². The molecule has 2 aromatic carbocycles. The molecule has 3 rings (SSSR count). The topological polar surface area (TPSA) is 86.7 Å². The van der Waals surface area contributed by atoms with Crippen LogP contribution < -0.4 is 5.32 Å². The summed E-state index contributed by atoms with van der Waals surface area (Å²) in [7, 11) is 0. The molecule has 0 aliphatic carbocycles. The Morgan fingerprint density at radius 3 is 2.31 bits per heavy atom. The van der Waals surface area contributed by atoms with Crippen molar-refractivity contribution >= 4 is 17.8 Å². The summed E-state index contributed by atoms with van der Waals surface area (Å²) in [5.74, 6) is -1.28. The average molecular weight is 394 g/mol. The molecule has 29 heavy (non-hydrogen) atoms. The minimum atomic E-state index is -0.927. The van der Waals surface area contributed by atoms with Crippen molar-refractivity contribution in [3.05, 3.63) is 71.8 Å². The van der Waals surface area contributed by atoms with E-state index in [1.54, 1.807) is 36.1 Å². The largest absolute Gasteiger partial charge is 0.481 e. The summed E-state index contributed by atoms with van der Waals surface area (Å²) in [6, 6.07) is 17.7. The number of benzene rings is 2. The van der Waals surface area contributed by atoms with Crippen LogP contribution in [-0.4, -0.2) is 40.9 Å². The number of nitrogens with zero attached hydrogens (tertiary/aromatic N) is 1. The van der Waals surface area contributed by atoms with Crippen LogP contribution in [0.5, 0.6) is 0 Å². The zero-order chi connectivity index (χ0) is 20.9. The lowest BCUT2D eigenvalue weighted by Crippen LogP contribution is -2.49. The van der Waals surface area contributed by atoms with E-state index >= 15 is 0 Å². The molecule has 0 spiro atoms. The van der Waals surface area contributed by atoms with Gasteiger partial charge in [-0.3, -0.25) is 14.4 Å². The number of nitrogens with one attached hydrogen (secondary N) is 1. The number of rotatable bonds is 6. The Morgan fingerprint density at radius 2 is 1.69 bits per heavy atom. The molecule has 2 aromatic rings. The molecule has 0 bridgehead atoms. The summed E-state index contributed by atoms with van der Waals surface area (Å²) < 4.78 is 0. The number of carboxylic acid groups (broad SMARTS) is 1. The van der Waals surface area contributed by atoms with Crippen LogP contribution in [0.1, 0.15) is 48.1 Å². The maximum atomic E-state index is 13.0. The Balaban J connectivity index is 1.75. The molecule has 0 aromatic heterocycles. The Kier molecular flexibility index (Phi) is 6.32. The summed E-state index contributed by atoms with van der Waals surface area (Å²) in [5.41, 5.74) is 0.434. The highest BCUT2D eigenvalue weighted by molar-refractivity contribution is 5.94. The maximum Gasteiger partial charge on any atom is 0.311 e. The highest BCUT2D eigenvalue weighted by Gasteiger charge is 2.39. The number of hydrogen-bond acceptors (Lipinski definition) is 3. The van der Waals surface area contributed by atoms with Gasteiger partial charge in [0.25, 0.3) is 5.91 Å². The van der Waals surface area contributed by atoms with Gasteiger partial charge >= 0.3 is 5.97 Å². The normalized spacial score (nSPS) is 20.0. The second-order valence-corrected chi connectivity index (χ2v) is 7.79. The van der Waals surface area contributed by atoms with Crippen molar-refractivity contribution < 1.29 is 19.5 Å². The highest BCUT2D eigenvalue weighted by Crippen LogP contribution is 2.31. The van der Waals surface area contributed by atoms with E-state index in [1.165, 1.54) is 0 Å². The van der Waals surface area contributed by atoms with Crippen LogP contribution in [0.2, 0.25) is 0 Å².